The first-order valence-corrected chi connectivity index (χ1v) is 8.83. The summed E-state index contributed by atoms with van der Waals surface area (Å²) in [5.74, 6) is 0.399. The van der Waals surface area contributed by atoms with Crippen LogP contribution in [0, 0.1) is 5.92 Å². The third-order valence-corrected chi connectivity index (χ3v) is 5.12. The van der Waals surface area contributed by atoms with Gasteiger partial charge in [0.2, 0.25) is 0 Å². The molecular formula is C17H26N4O3. The molecule has 2 aliphatic heterocycles. The van der Waals surface area contributed by atoms with E-state index in [1.165, 1.54) is 10.7 Å². The molecule has 1 aromatic heterocycles. The largest absolute Gasteiger partial charge is 0.379 e. The molecule has 0 radical (unpaired) electrons. The zero-order chi connectivity index (χ0) is 17.1. The summed E-state index contributed by atoms with van der Waals surface area (Å²) in [6.07, 6.45) is 1.05. The highest BCUT2D eigenvalue weighted by Gasteiger charge is 2.38. The lowest BCUT2D eigenvalue weighted by atomic mass is 9.99. The minimum absolute atomic E-state index is 0.0774. The summed E-state index contributed by atoms with van der Waals surface area (Å²) in [5.41, 5.74) is 0.182. The van der Waals surface area contributed by atoms with Gasteiger partial charge in [0, 0.05) is 44.8 Å². The van der Waals surface area contributed by atoms with Gasteiger partial charge in [0.05, 0.1) is 13.2 Å². The fraction of sp³-hybridized carbons (Fsp3) is 0.706. The Morgan fingerprint density at radius 3 is 2.67 bits per heavy atom. The second-order valence-corrected chi connectivity index (χ2v) is 6.47. The van der Waals surface area contributed by atoms with Gasteiger partial charge in [-0.2, -0.15) is 5.10 Å². The number of hydrogen-bond acceptors (Lipinski definition) is 5. The highest BCUT2D eigenvalue weighted by atomic mass is 16.5. The Morgan fingerprint density at radius 1 is 1.25 bits per heavy atom. The first-order chi connectivity index (χ1) is 11.6. The van der Waals surface area contributed by atoms with Crippen molar-refractivity contribution in [3.8, 4) is 0 Å². The maximum Gasteiger partial charge on any atom is 0.274 e. The van der Waals surface area contributed by atoms with E-state index < -0.39 is 0 Å². The molecule has 24 heavy (non-hydrogen) atoms. The van der Waals surface area contributed by atoms with E-state index in [1.807, 2.05) is 11.8 Å². The van der Waals surface area contributed by atoms with Crippen LogP contribution in [-0.4, -0.2) is 70.9 Å². The Bertz CT molecular complexity index is 639. The number of aromatic nitrogens is 2. The first-order valence-electron chi connectivity index (χ1n) is 8.83. The quantitative estimate of drug-likeness (QED) is 0.800. The van der Waals surface area contributed by atoms with E-state index in [-0.39, 0.29) is 11.5 Å². The molecule has 3 rings (SSSR count). The molecule has 0 aliphatic carbocycles. The first kappa shape index (κ1) is 17.1. The average molecular weight is 334 g/mol. The van der Waals surface area contributed by atoms with E-state index >= 15 is 0 Å². The van der Waals surface area contributed by atoms with Gasteiger partial charge in [0.1, 0.15) is 5.69 Å². The number of likely N-dealkylation sites (tertiary alicyclic amines) is 1. The molecule has 0 unspecified atom stereocenters. The maximum absolute atomic E-state index is 12.8. The molecule has 132 valence electrons. The van der Waals surface area contributed by atoms with Crippen molar-refractivity contribution >= 4 is 5.91 Å². The number of ether oxygens (including phenoxy) is 1. The molecule has 0 N–H and O–H groups in total. The topological polar surface area (TPSA) is 67.7 Å². The monoisotopic (exact) mass is 334 g/mol. The van der Waals surface area contributed by atoms with Gasteiger partial charge in [-0.3, -0.25) is 14.5 Å². The van der Waals surface area contributed by atoms with Crippen molar-refractivity contribution in [2.24, 2.45) is 5.92 Å². The Kier molecular flexibility index (Phi) is 5.30. The summed E-state index contributed by atoms with van der Waals surface area (Å²) in [6, 6.07) is 3.36. The molecule has 7 heteroatoms. The predicted molar refractivity (Wildman–Crippen MR) is 90.0 cm³/mol. The van der Waals surface area contributed by atoms with Gasteiger partial charge in [-0.05, 0) is 18.9 Å². The Balaban J connectivity index is 1.75. The lowest BCUT2D eigenvalue weighted by molar-refractivity contribution is 0.0102. The Hall–Kier alpha value is -1.73. The fourth-order valence-corrected chi connectivity index (χ4v) is 3.70. The van der Waals surface area contributed by atoms with Crippen molar-refractivity contribution in [1.29, 1.82) is 0 Å². The van der Waals surface area contributed by atoms with Crippen molar-refractivity contribution in [1.82, 2.24) is 19.6 Å². The van der Waals surface area contributed by atoms with Crippen molar-refractivity contribution in [3.05, 3.63) is 28.2 Å². The van der Waals surface area contributed by atoms with Crippen LogP contribution < -0.4 is 5.56 Å². The summed E-state index contributed by atoms with van der Waals surface area (Å²) in [4.78, 5) is 28.8. The van der Waals surface area contributed by atoms with Gasteiger partial charge in [0.15, 0.2) is 0 Å². The van der Waals surface area contributed by atoms with Crippen LogP contribution >= 0.6 is 0 Å². The summed E-state index contributed by atoms with van der Waals surface area (Å²) < 4.78 is 6.78. The van der Waals surface area contributed by atoms with Crippen molar-refractivity contribution in [3.63, 3.8) is 0 Å². The molecule has 1 aromatic rings. The van der Waals surface area contributed by atoms with Crippen molar-refractivity contribution < 1.29 is 9.53 Å². The van der Waals surface area contributed by atoms with Crippen molar-refractivity contribution in [2.45, 2.75) is 32.9 Å². The third-order valence-electron chi connectivity index (χ3n) is 5.12. The molecule has 0 bridgehead atoms. The zero-order valence-corrected chi connectivity index (χ0v) is 14.5. The smallest absolute Gasteiger partial charge is 0.274 e. The van der Waals surface area contributed by atoms with Crippen molar-refractivity contribution in [2.75, 3.05) is 39.4 Å². The minimum atomic E-state index is -0.173. The van der Waals surface area contributed by atoms with Crippen LogP contribution in [0.2, 0.25) is 0 Å². The minimum Gasteiger partial charge on any atom is -0.379 e. The standard InChI is InChI=1S/C17H26N4O3/c1-3-13-11-20(12-15(13)19-7-9-24-10-8-19)17(23)14-5-6-16(22)21(4-2)18-14/h5-6,13,15H,3-4,7-12H2,1-2H3/t13-,15-/m0/s1. The maximum atomic E-state index is 12.8. The highest BCUT2D eigenvalue weighted by Crippen LogP contribution is 2.26. The van der Waals surface area contributed by atoms with Crippen LogP contribution in [0.25, 0.3) is 0 Å². The Morgan fingerprint density at radius 2 is 2.00 bits per heavy atom. The number of carbonyl (C=O) groups is 1. The molecule has 2 aliphatic rings. The van der Waals surface area contributed by atoms with E-state index in [0.29, 0.717) is 24.2 Å². The zero-order valence-electron chi connectivity index (χ0n) is 14.5. The van der Waals surface area contributed by atoms with E-state index in [1.54, 1.807) is 6.07 Å². The number of nitrogens with zero attached hydrogens (tertiary/aromatic N) is 4. The lowest BCUT2D eigenvalue weighted by Crippen LogP contribution is -2.47. The number of carbonyl (C=O) groups excluding carboxylic acids is 1. The molecule has 3 heterocycles. The normalized spacial score (nSPS) is 25.2. The van der Waals surface area contributed by atoms with Crippen LogP contribution in [0.5, 0.6) is 0 Å². The lowest BCUT2D eigenvalue weighted by Gasteiger charge is -2.34. The van der Waals surface area contributed by atoms with E-state index in [2.05, 4.69) is 16.9 Å². The van der Waals surface area contributed by atoms with Gasteiger partial charge in [-0.15, -0.1) is 0 Å². The predicted octanol–water partition coefficient (Wildman–Crippen LogP) is 0.446. The summed E-state index contributed by atoms with van der Waals surface area (Å²) in [5, 5.41) is 4.20. The third kappa shape index (κ3) is 3.37. The second kappa shape index (κ2) is 7.44. The van der Waals surface area contributed by atoms with Crippen LogP contribution in [0.3, 0.4) is 0 Å². The fourth-order valence-electron chi connectivity index (χ4n) is 3.70. The van der Waals surface area contributed by atoms with Gasteiger partial charge in [-0.25, -0.2) is 4.68 Å². The van der Waals surface area contributed by atoms with Crippen LogP contribution in [0.4, 0.5) is 0 Å². The molecule has 0 saturated carbocycles. The average Bonchev–Trinajstić information content (AvgIpc) is 3.06. The highest BCUT2D eigenvalue weighted by molar-refractivity contribution is 5.92. The molecule has 7 nitrogen and oxygen atoms in total. The number of rotatable bonds is 4. The summed E-state index contributed by atoms with van der Waals surface area (Å²) >= 11 is 0. The molecule has 2 atom stereocenters. The van der Waals surface area contributed by atoms with Gasteiger partial charge in [-0.1, -0.05) is 13.3 Å². The summed E-state index contributed by atoms with van der Waals surface area (Å²) in [6.45, 7) is 9.38. The van der Waals surface area contributed by atoms with Crippen LogP contribution in [-0.2, 0) is 11.3 Å². The molecule has 2 saturated heterocycles. The molecule has 0 aromatic carbocycles. The molecule has 2 fully saturated rings. The number of hydrogen-bond donors (Lipinski definition) is 0. The van der Waals surface area contributed by atoms with Crippen LogP contribution in [0.15, 0.2) is 16.9 Å². The summed E-state index contributed by atoms with van der Waals surface area (Å²) in [7, 11) is 0. The van der Waals surface area contributed by atoms with Gasteiger partial charge in [0.25, 0.3) is 11.5 Å². The van der Waals surface area contributed by atoms with E-state index in [0.717, 1.165) is 45.8 Å². The number of aryl methyl sites for hydroxylation is 1. The van der Waals surface area contributed by atoms with Gasteiger partial charge < -0.3 is 9.64 Å². The number of amides is 1. The van der Waals surface area contributed by atoms with E-state index in [4.69, 9.17) is 4.74 Å². The molecular weight excluding hydrogens is 308 g/mol. The van der Waals surface area contributed by atoms with Gasteiger partial charge >= 0.3 is 0 Å². The molecule has 1 amide bonds. The number of morpholine rings is 1. The second-order valence-electron chi connectivity index (χ2n) is 6.47. The molecule has 0 spiro atoms. The van der Waals surface area contributed by atoms with E-state index in [9.17, 15) is 9.59 Å². The van der Waals surface area contributed by atoms with Crippen LogP contribution in [0.1, 0.15) is 30.8 Å². The SMILES string of the molecule is CC[C@H]1CN(C(=O)c2ccc(=O)n(CC)n2)C[C@@H]1N1CCOCC1. The Labute approximate surface area is 142 Å².